The first-order valence-corrected chi connectivity index (χ1v) is 15.2. The molecule has 2 unspecified atom stereocenters. The van der Waals surface area contributed by atoms with Crippen LogP contribution in [0.25, 0.3) is 22.4 Å². The smallest absolute Gasteiger partial charge is 0.437 e. The van der Waals surface area contributed by atoms with E-state index in [1.54, 1.807) is 12.3 Å². The lowest BCUT2D eigenvalue weighted by atomic mass is 10.1. The molecule has 0 aliphatic carbocycles. The van der Waals surface area contributed by atoms with Crippen molar-refractivity contribution in [3.63, 3.8) is 0 Å². The SMILES string of the molecule is CCCc1ccc(-c2cc3cn(C/C=C/CP(=O)(O[P+](C)=O)O[P+](C)=O)c(=O)nc3o2)cc1. The van der Waals surface area contributed by atoms with E-state index < -0.39 is 29.3 Å². The molecule has 33 heavy (non-hydrogen) atoms. The zero-order valence-corrected chi connectivity index (χ0v) is 21.2. The summed E-state index contributed by atoms with van der Waals surface area (Å²) in [5, 5.41) is 0.666. The van der Waals surface area contributed by atoms with Crippen molar-refractivity contribution in [1.29, 1.82) is 0 Å². The van der Waals surface area contributed by atoms with Gasteiger partial charge in [-0.3, -0.25) is 9.13 Å². The summed E-state index contributed by atoms with van der Waals surface area (Å²) in [5.74, 6) is 0.617. The van der Waals surface area contributed by atoms with Crippen molar-refractivity contribution < 1.29 is 26.7 Å². The van der Waals surface area contributed by atoms with Gasteiger partial charge in [-0.05, 0) is 27.2 Å². The molecule has 2 heterocycles. The normalized spacial score (nSPS) is 14.5. The fraction of sp³-hybridized carbons (Fsp3) is 0.333. The van der Waals surface area contributed by atoms with Gasteiger partial charge in [0.2, 0.25) is 5.71 Å². The molecule has 3 rings (SSSR count). The van der Waals surface area contributed by atoms with Crippen LogP contribution in [0, 0.1) is 0 Å². The Kier molecular flexibility index (Phi) is 8.63. The lowest BCUT2D eigenvalue weighted by Gasteiger charge is -2.02. The minimum atomic E-state index is -3.82. The number of benzene rings is 1. The highest BCUT2D eigenvalue weighted by molar-refractivity contribution is 7.66. The Hall–Kier alpha value is -2.27. The molecule has 0 N–H and O–H groups in total. The van der Waals surface area contributed by atoms with E-state index in [9.17, 15) is 18.5 Å². The molecule has 0 spiro atoms. The average Bonchev–Trinajstić information content (AvgIpc) is 3.13. The molecule has 3 aromatic rings. The van der Waals surface area contributed by atoms with Crippen molar-refractivity contribution in [2.24, 2.45) is 0 Å². The maximum Gasteiger partial charge on any atom is 0.513 e. The Morgan fingerprint density at radius 2 is 1.79 bits per heavy atom. The molecule has 0 aliphatic heterocycles. The van der Waals surface area contributed by atoms with Crippen molar-refractivity contribution in [1.82, 2.24) is 9.55 Å². The number of fused-ring (bicyclic) bond motifs is 1. The summed E-state index contributed by atoms with van der Waals surface area (Å²) < 4.78 is 52.0. The maximum absolute atomic E-state index is 12.5. The van der Waals surface area contributed by atoms with E-state index in [1.165, 1.54) is 29.5 Å². The molecule has 174 valence electrons. The van der Waals surface area contributed by atoms with Crippen LogP contribution in [-0.4, -0.2) is 29.0 Å². The van der Waals surface area contributed by atoms with Gasteiger partial charge in [0.1, 0.15) is 5.76 Å². The number of aromatic nitrogens is 2. The standard InChI is InChI=1S/C21H25N2O7P3/c1-4-7-16-8-10-17(11-9-16)19-14-18-15-23(21(24)22-20(18)28-19)12-5-6-13-33(27,29-31(2)25)30-32(3)26/h5-6,8-11,14-15H,4,7,12-13H2,1-3H3/q+2/b6-5+. The number of hydrogen-bond donors (Lipinski definition) is 0. The molecule has 12 heteroatoms. The third-order valence-corrected chi connectivity index (χ3v) is 9.02. The van der Waals surface area contributed by atoms with Crippen molar-refractivity contribution in [2.75, 3.05) is 19.5 Å². The zero-order valence-electron chi connectivity index (χ0n) is 18.5. The van der Waals surface area contributed by atoms with Crippen LogP contribution >= 0.6 is 23.7 Å². The molecule has 0 saturated heterocycles. The molecular formula is C21H25N2O7P3+2. The van der Waals surface area contributed by atoms with E-state index >= 15 is 0 Å². The van der Waals surface area contributed by atoms with Gasteiger partial charge < -0.3 is 4.42 Å². The van der Waals surface area contributed by atoms with Crippen LogP contribution in [0.2, 0.25) is 0 Å². The monoisotopic (exact) mass is 510 g/mol. The summed E-state index contributed by atoms with van der Waals surface area (Å²) in [4.78, 5) is 16.4. The quantitative estimate of drug-likeness (QED) is 0.223. The second-order valence-electron chi connectivity index (χ2n) is 7.30. The van der Waals surface area contributed by atoms with Gasteiger partial charge in [0, 0.05) is 18.3 Å². The van der Waals surface area contributed by atoms with Crippen molar-refractivity contribution >= 4 is 34.8 Å². The van der Waals surface area contributed by atoms with E-state index in [0.29, 0.717) is 11.1 Å². The fourth-order valence-electron chi connectivity index (χ4n) is 3.17. The first-order valence-electron chi connectivity index (χ1n) is 10.2. The summed E-state index contributed by atoms with van der Waals surface area (Å²) in [6, 6.07) is 9.89. The average molecular weight is 510 g/mol. The molecular weight excluding hydrogens is 485 g/mol. The van der Waals surface area contributed by atoms with Gasteiger partial charge in [-0.15, -0.1) is 0 Å². The van der Waals surface area contributed by atoms with Gasteiger partial charge in [-0.25, -0.2) is 4.79 Å². The first kappa shape index (κ1) is 25.4. The van der Waals surface area contributed by atoms with Gasteiger partial charge >= 0.3 is 29.3 Å². The van der Waals surface area contributed by atoms with Gasteiger partial charge in [-0.1, -0.05) is 58.4 Å². The summed E-state index contributed by atoms with van der Waals surface area (Å²) in [7, 11) is -8.23. The molecule has 0 aliphatic rings. The van der Waals surface area contributed by atoms with Crippen LogP contribution in [-0.2, 0) is 35.3 Å². The molecule has 0 fully saturated rings. The second kappa shape index (κ2) is 11.2. The Morgan fingerprint density at radius 3 is 2.39 bits per heavy atom. The molecule has 0 amide bonds. The third kappa shape index (κ3) is 7.10. The number of hydrogen-bond acceptors (Lipinski definition) is 8. The summed E-state index contributed by atoms with van der Waals surface area (Å²) in [5.41, 5.74) is 1.89. The van der Waals surface area contributed by atoms with Crippen LogP contribution in [0.3, 0.4) is 0 Å². The Bertz CT molecular complexity index is 1280. The van der Waals surface area contributed by atoms with E-state index in [1.807, 2.05) is 18.2 Å². The highest BCUT2D eigenvalue weighted by Crippen LogP contribution is 2.59. The van der Waals surface area contributed by atoms with Crippen molar-refractivity contribution in [2.45, 2.75) is 26.3 Å². The van der Waals surface area contributed by atoms with Crippen molar-refractivity contribution in [3.8, 4) is 11.3 Å². The van der Waals surface area contributed by atoms with Gasteiger partial charge in [0.15, 0.2) is 13.3 Å². The summed E-state index contributed by atoms with van der Waals surface area (Å²) in [6.07, 6.45) is 6.53. The van der Waals surface area contributed by atoms with Gasteiger partial charge in [0.25, 0.3) is 0 Å². The van der Waals surface area contributed by atoms with Crippen LogP contribution in [0.4, 0.5) is 0 Å². The first-order chi connectivity index (χ1) is 15.7. The fourth-order valence-corrected chi connectivity index (χ4v) is 7.30. The lowest BCUT2D eigenvalue weighted by molar-refractivity contribution is 0.397. The topological polar surface area (TPSA) is 118 Å². The van der Waals surface area contributed by atoms with E-state index in [4.69, 9.17) is 13.0 Å². The molecule has 9 nitrogen and oxygen atoms in total. The highest BCUT2D eigenvalue weighted by atomic mass is 31.3. The molecule has 0 saturated carbocycles. The molecule has 2 aromatic heterocycles. The molecule has 0 bridgehead atoms. The molecule has 0 radical (unpaired) electrons. The molecule has 2 atom stereocenters. The Labute approximate surface area is 193 Å². The highest BCUT2D eigenvalue weighted by Gasteiger charge is 2.39. The van der Waals surface area contributed by atoms with Crippen LogP contribution in [0.15, 0.2) is 57.9 Å². The van der Waals surface area contributed by atoms with Crippen LogP contribution < -0.4 is 5.69 Å². The Balaban J connectivity index is 1.75. The number of furan rings is 1. The maximum atomic E-state index is 12.5. The predicted octanol–water partition coefficient (Wildman–Crippen LogP) is 6.14. The number of allylic oxidation sites excluding steroid dienone is 2. The number of rotatable bonds is 11. The number of nitrogens with zero attached hydrogens (tertiary/aromatic N) is 2. The second-order valence-corrected chi connectivity index (χ2v) is 12.0. The van der Waals surface area contributed by atoms with E-state index in [-0.39, 0.29) is 18.4 Å². The predicted molar refractivity (Wildman–Crippen MR) is 129 cm³/mol. The minimum Gasteiger partial charge on any atom is -0.437 e. The van der Waals surface area contributed by atoms with Crippen LogP contribution in [0.5, 0.6) is 0 Å². The van der Waals surface area contributed by atoms with E-state index in [0.717, 1.165) is 18.4 Å². The van der Waals surface area contributed by atoms with Gasteiger partial charge in [-0.2, -0.15) is 4.98 Å². The summed E-state index contributed by atoms with van der Waals surface area (Å²) in [6.45, 7) is 4.74. The zero-order chi connectivity index (χ0) is 24.0. The van der Waals surface area contributed by atoms with Crippen molar-refractivity contribution in [3.05, 3.63) is 64.7 Å². The lowest BCUT2D eigenvalue weighted by Crippen LogP contribution is -2.21. The molecule has 1 aromatic carbocycles. The summed E-state index contributed by atoms with van der Waals surface area (Å²) >= 11 is 0. The largest absolute Gasteiger partial charge is 0.513 e. The third-order valence-electron chi connectivity index (χ3n) is 4.53. The van der Waals surface area contributed by atoms with Crippen LogP contribution in [0.1, 0.15) is 18.9 Å². The Morgan fingerprint density at radius 1 is 1.12 bits per heavy atom. The van der Waals surface area contributed by atoms with E-state index in [2.05, 4.69) is 24.0 Å². The minimum absolute atomic E-state index is 0.143. The van der Waals surface area contributed by atoms with Gasteiger partial charge in [0.05, 0.1) is 11.5 Å². The number of aryl methyl sites for hydroxylation is 1.